The molecule has 0 radical (unpaired) electrons. The molecule has 6 heteroatoms. The van der Waals surface area contributed by atoms with Crippen molar-refractivity contribution in [2.45, 2.75) is 70.0 Å². The Kier molecular flexibility index (Phi) is 8.01. The summed E-state index contributed by atoms with van der Waals surface area (Å²) in [6, 6.07) is 17.4. The van der Waals surface area contributed by atoms with Gasteiger partial charge in [0.1, 0.15) is 8.07 Å². The molecule has 162 valence electrons. The van der Waals surface area contributed by atoms with Crippen LogP contribution in [0.1, 0.15) is 47.1 Å². The molecule has 30 heavy (non-hydrogen) atoms. The van der Waals surface area contributed by atoms with Crippen molar-refractivity contribution in [3.8, 4) is 11.6 Å². The Balaban J connectivity index is 2.75. The van der Waals surface area contributed by atoms with Gasteiger partial charge in [-0.3, -0.25) is 0 Å². The predicted octanol–water partition coefficient (Wildman–Crippen LogP) is 7.13. The Bertz CT molecular complexity index is 1010. The van der Waals surface area contributed by atoms with E-state index < -0.39 is 18.1 Å². The van der Waals surface area contributed by atoms with E-state index in [-0.39, 0.29) is 4.90 Å². The maximum Gasteiger partial charge on any atom is 0.275 e. The van der Waals surface area contributed by atoms with Gasteiger partial charge in [0.2, 0.25) is 0 Å². The second kappa shape index (κ2) is 9.72. The van der Waals surface area contributed by atoms with E-state index in [0.29, 0.717) is 26.8 Å². The molecule has 0 atom stereocenters. The van der Waals surface area contributed by atoms with E-state index in [1.54, 1.807) is 18.2 Å². The Hall–Kier alpha value is -1.55. The Morgan fingerprint density at radius 2 is 1.37 bits per heavy atom. The van der Waals surface area contributed by atoms with Crippen molar-refractivity contribution in [3.63, 3.8) is 0 Å². The Morgan fingerprint density at radius 3 is 1.83 bits per heavy atom. The van der Waals surface area contributed by atoms with Gasteiger partial charge in [0.15, 0.2) is 0 Å². The number of benzene rings is 2. The zero-order valence-corrected chi connectivity index (χ0v) is 22.3. The maximum absolute atomic E-state index is 13.6. The van der Waals surface area contributed by atoms with Crippen LogP contribution in [0.2, 0.25) is 16.6 Å². The lowest BCUT2D eigenvalue weighted by molar-refractivity contribution is 0.596. The van der Waals surface area contributed by atoms with E-state index in [4.69, 9.17) is 0 Å². The second-order valence-corrected chi connectivity index (χ2v) is 16.9. The van der Waals surface area contributed by atoms with E-state index >= 15 is 0 Å². The smallest absolute Gasteiger partial charge is 0.200 e. The van der Waals surface area contributed by atoms with Gasteiger partial charge in [0.05, 0.1) is 10.6 Å². The van der Waals surface area contributed by atoms with Gasteiger partial charge in [0, 0.05) is 10.5 Å². The van der Waals surface area contributed by atoms with E-state index in [1.807, 2.05) is 37.3 Å². The molecular weight excluding hydrogens is 474 g/mol. The van der Waals surface area contributed by atoms with Crippen LogP contribution in [0.15, 0.2) is 57.9 Å². The molecular formula is C24H32BrNO2SSi. The molecule has 0 aromatic heterocycles. The molecule has 0 saturated carbocycles. The summed E-state index contributed by atoms with van der Waals surface area (Å²) in [5, 5.41) is 0. The van der Waals surface area contributed by atoms with Crippen molar-refractivity contribution < 1.29 is 8.42 Å². The highest BCUT2D eigenvalue weighted by Crippen LogP contribution is 2.41. The molecule has 0 bridgehead atoms. The average molecular weight is 507 g/mol. The lowest BCUT2D eigenvalue weighted by Gasteiger charge is -2.38. The molecule has 0 aliphatic heterocycles. The fraction of sp³-hybridized carbons (Fsp3) is 0.417. The minimum absolute atomic E-state index is 0.240. The lowest BCUT2D eigenvalue weighted by atomic mass is 10.2. The van der Waals surface area contributed by atoms with Crippen LogP contribution in [0.5, 0.6) is 0 Å². The summed E-state index contributed by atoms with van der Waals surface area (Å²) in [4.78, 5) is 0.240. The van der Waals surface area contributed by atoms with Gasteiger partial charge in [-0.25, -0.2) is 8.42 Å². The first kappa shape index (κ1) is 24.7. The first-order valence-corrected chi connectivity index (χ1v) is 14.8. The van der Waals surface area contributed by atoms with Crippen molar-refractivity contribution in [1.29, 1.82) is 0 Å². The molecule has 0 unspecified atom stereocenters. The van der Waals surface area contributed by atoms with E-state index in [0.717, 1.165) is 5.56 Å². The molecule has 0 amide bonds. The number of aryl methyl sites for hydroxylation is 1. The van der Waals surface area contributed by atoms with Gasteiger partial charge in [-0.1, -0.05) is 71.4 Å². The molecule has 0 heterocycles. The number of anilines is 1. The largest absolute Gasteiger partial charge is 0.275 e. The van der Waals surface area contributed by atoms with E-state index in [2.05, 4.69) is 69.1 Å². The minimum Gasteiger partial charge on any atom is -0.200 e. The van der Waals surface area contributed by atoms with Crippen LogP contribution in [0.25, 0.3) is 0 Å². The molecule has 2 rings (SSSR count). The average Bonchev–Trinajstić information content (AvgIpc) is 2.65. The minimum atomic E-state index is -3.84. The highest BCUT2D eigenvalue weighted by Gasteiger charge is 2.42. The Morgan fingerprint density at radius 1 is 0.867 bits per heavy atom. The molecule has 0 aliphatic rings. The number of rotatable bonds is 6. The van der Waals surface area contributed by atoms with Crippen molar-refractivity contribution in [2.75, 3.05) is 4.31 Å². The van der Waals surface area contributed by atoms with Gasteiger partial charge in [-0.15, -0.1) is 5.54 Å². The molecule has 0 fully saturated rings. The van der Waals surface area contributed by atoms with E-state index in [9.17, 15) is 8.42 Å². The normalized spacial score (nSPS) is 12.2. The quantitative estimate of drug-likeness (QED) is 0.237. The number of hydrogen-bond donors (Lipinski definition) is 0. The number of nitrogens with zero attached hydrogens (tertiary/aromatic N) is 1. The standard InChI is InChI=1S/C24H32BrNO2SSi/c1-18(2)30(19(3)4,20(5)6)17-16-26(24-11-9-8-10-23(24)25)29(27,28)22-14-12-21(7)13-15-22/h8-15,18-20H,1-7H3. The summed E-state index contributed by atoms with van der Waals surface area (Å²) in [7, 11) is -5.95. The van der Waals surface area contributed by atoms with Gasteiger partial charge in [-0.2, -0.15) is 4.31 Å². The Labute approximate surface area is 192 Å². The van der Waals surface area contributed by atoms with Crippen LogP contribution >= 0.6 is 15.9 Å². The van der Waals surface area contributed by atoms with E-state index in [1.165, 1.54) is 4.31 Å². The van der Waals surface area contributed by atoms with Gasteiger partial charge >= 0.3 is 0 Å². The summed E-state index contributed by atoms with van der Waals surface area (Å²) < 4.78 is 29.2. The van der Waals surface area contributed by atoms with Crippen LogP contribution in [-0.4, -0.2) is 16.5 Å². The molecule has 2 aromatic rings. The zero-order valence-electron chi connectivity index (χ0n) is 18.9. The van der Waals surface area contributed by atoms with Crippen LogP contribution in [0.3, 0.4) is 0 Å². The van der Waals surface area contributed by atoms with Crippen molar-refractivity contribution >= 4 is 39.7 Å². The monoisotopic (exact) mass is 505 g/mol. The van der Waals surface area contributed by atoms with Crippen LogP contribution in [0.4, 0.5) is 5.69 Å². The highest BCUT2D eigenvalue weighted by molar-refractivity contribution is 9.10. The third-order valence-corrected chi connectivity index (χ3v) is 14.5. The maximum atomic E-state index is 13.6. The SMILES string of the molecule is Cc1ccc(S(=O)(=O)N(C#C[Si](C(C)C)(C(C)C)C(C)C)c2ccccc2Br)cc1. The summed E-state index contributed by atoms with van der Waals surface area (Å²) >= 11 is 3.52. The highest BCUT2D eigenvalue weighted by atomic mass is 79.9. The lowest BCUT2D eigenvalue weighted by Crippen LogP contribution is -2.44. The third-order valence-electron chi connectivity index (χ3n) is 5.87. The molecule has 0 N–H and O–H groups in total. The van der Waals surface area contributed by atoms with Gasteiger partial charge < -0.3 is 0 Å². The summed E-state index contributed by atoms with van der Waals surface area (Å²) in [5.74, 6) is 0. The summed E-state index contributed by atoms with van der Waals surface area (Å²) in [6.07, 6.45) is 0. The number of hydrogen-bond acceptors (Lipinski definition) is 2. The number of sulfonamides is 1. The van der Waals surface area contributed by atoms with Crippen LogP contribution < -0.4 is 4.31 Å². The molecule has 0 saturated heterocycles. The van der Waals surface area contributed by atoms with Crippen molar-refractivity contribution in [2.24, 2.45) is 0 Å². The number of para-hydroxylation sites is 1. The molecule has 0 spiro atoms. The fourth-order valence-corrected chi connectivity index (χ4v) is 11.4. The van der Waals surface area contributed by atoms with Gasteiger partial charge in [-0.05, 0) is 63.7 Å². The van der Waals surface area contributed by atoms with Crippen molar-refractivity contribution in [3.05, 3.63) is 58.6 Å². The zero-order chi connectivity index (χ0) is 22.7. The molecule has 3 nitrogen and oxygen atoms in total. The molecule has 0 aliphatic carbocycles. The first-order valence-electron chi connectivity index (χ1n) is 10.3. The second-order valence-electron chi connectivity index (χ2n) is 8.67. The topological polar surface area (TPSA) is 37.4 Å². The van der Waals surface area contributed by atoms with Gasteiger partial charge in [0.25, 0.3) is 10.0 Å². The third kappa shape index (κ3) is 4.85. The van der Waals surface area contributed by atoms with Crippen LogP contribution in [-0.2, 0) is 10.0 Å². The van der Waals surface area contributed by atoms with Crippen molar-refractivity contribution in [1.82, 2.24) is 0 Å². The summed E-state index contributed by atoms with van der Waals surface area (Å²) in [5.41, 5.74) is 6.33. The molecule has 2 aromatic carbocycles. The first-order chi connectivity index (χ1) is 13.9. The van der Waals surface area contributed by atoms with Crippen LogP contribution in [0, 0.1) is 18.5 Å². The summed E-state index contributed by atoms with van der Waals surface area (Å²) in [6.45, 7) is 15.3. The fourth-order valence-electron chi connectivity index (χ4n) is 4.26. The number of halogens is 1. The predicted molar refractivity (Wildman–Crippen MR) is 134 cm³/mol.